The van der Waals surface area contributed by atoms with E-state index in [1.54, 1.807) is 0 Å². The van der Waals surface area contributed by atoms with Crippen molar-refractivity contribution in [2.24, 2.45) is 5.73 Å². The van der Waals surface area contributed by atoms with Crippen LogP contribution in [0.4, 0.5) is 0 Å². The summed E-state index contributed by atoms with van der Waals surface area (Å²) in [6.45, 7) is 6.68. The number of nitrogens with one attached hydrogen (secondary N) is 2. The number of hydrogen-bond donors (Lipinski definition) is 3. The van der Waals surface area contributed by atoms with Crippen LogP contribution in [0.25, 0.3) is 0 Å². The van der Waals surface area contributed by atoms with Crippen LogP contribution in [-0.4, -0.2) is 44.9 Å². The van der Waals surface area contributed by atoms with Crippen LogP contribution in [0.1, 0.15) is 13.3 Å². The summed E-state index contributed by atoms with van der Waals surface area (Å²) in [5.74, 6) is 0. The van der Waals surface area contributed by atoms with E-state index in [0.29, 0.717) is 6.54 Å². The molecule has 0 aromatic rings. The van der Waals surface area contributed by atoms with Crippen LogP contribution in [-0.2, 0) is 0 Å². The minimum atomic E-state index is 0.705. The van der Waals surface area contributed by atoms with Crippen molar-refractivity contribution in [1.82, 2.24) is 15.5 Å². The zero-order valence-corrected chi connectivity index (χ0v) is 8.27. The second kappa shape index (κ2) is 8.93. The second-order valence-electron chi connectivity index (χ2n) is 2.96. The minimum absolute atomic E-state index is 0.705. The van der Waals surface area contributed by atoms with Crippen molar-refractivity contribution in [1.29, 1.82) is 0 Å². The van der Waals surface area contributed by atoms with Gasteiger partial charge in [0.2, 0.25) is 0 Å². The average molecular weight is 174 g/mol. The molecule has 0 rings (SSSR count). The average Bonchev–Trinajstić information content (AvgIpc) is 2.06. The smallest absolute Gasteiger partial charge is 0.0489 e. The first-order valence-electron chi connectivity index (χ1n) is 4.61. The fraction of sp³-hybridized carbons (Fsp3) is 1.00. The summed E-state index contributed by atoms with van der Waals surface area (Å²) < 4.78 is 0. The Morgan fingerprint density at radius 1 is 1.17 bits per heavy atom. The molecule has 0 heterocycles. The van der Waals surface area contributed by atoms with E-state index in [9.17, 15) is 0 Å². The molecule has 4 N–H and O–H groups in total. The summed E-state index contributed by atoms with van der Waals surface area (Å²) in [4.78, 5) is 2.19. The van der Waals surface area contributed by atoms with Gasteiger partial charge in [0, 0.05) is 26.4 Å². The molecule has 0 aliphatic carbocycles. The van der Waals surface area contributed by atoms with E-state index in [0.717, 1.165) is 26.4 Å². The number of nitrogens with two attached hydrogens (primary N) is 1. The predicted molar refractivity (Wildman–Crippen MR) is 52.8 cm³/mol. The Balaban J connectivity index is 3.04. The molecule has 0 saturated heterocycles. The molecule has 0 amide bonds. The van der Waals surface area contributed by atoms with Crippen LogP contribution in [0, 0.1) is 0 Å². The molecule has 0 aliphatic rings. The molecule has 0 unspecified atom stereocenters. The second-order valence-corrected chi connectivity index (χ2v) is 2.96. The maximum atomic E-state index is 5.34. The lowest BCUT2D eigenvalue weighted by Gasteiger charge is -2.17. The molecule has 0 atom stereocenters. The van der Waals surface area contributed by atoms with Crippen LogP contribution in [0.3, 0.4) is 0 Å². The van der Waals surface area contributed by atoms with Crippen LogP contribution < -0.4 is 16.4 Å². The van der Waals surface area contributed by atoms with Gasteiger partial charge in [-0.05, 0) is 20.0 Å². The van der Waals surface area contributed by atoms with Crippen molar-refractivity contribution in [3.05, 3.63) is 0 Å². The molecule has 12 heavy (non-hydrogen) atoms. The first kappa shape index (κ1) is 11.8. The molecule has 4 heteroatoms. The maximum Gasteiger partial charge on any atom is 0.0489 e. The largest absolute Gasteiger partial charge is 0.329 e. The third kappa shape index (κ3) is 7.94. The number of hydrogen-bond acceptors (Lipinski definition) is 4. The Labute approximate surface area is 75.5 Å². The Bertz CT molecular complexity index is 77.1. The third-order valence-electron chi connectivity index (χ3n) is 1.51. The van der Waals surface area contributed by atoms with Crippen molar-refractivity contribution in [2.45, 2.75) is 13.3 Å². The Hall–Kier alpha value is -0.160. The van der Waals surface area contributed by atoms with E-state index in [1.807, 2.05) is 0 Å². The fourth-order valence-electron chi connectivity index (χ4n) is 0.875. The quantitative estimate of drug-likeness (QED) is 0.339. The summed E-state index contributed by atoms with van der Waals surface area (Å²) in [6.07, 6.45) is 1.18. The molecule has 0 radical (unpaired) electrons. The molecule has 0 bridgehead atoms. The highest BCUT2D eigenvalue weighted by molar-refractivity contribution is 4.49. The summed E-state index contributed by atoms with van der Waals surface area (Å²) in [5.41, 5.74) is 5.34. The first-order chi connectivity index (χ1) is 5.81. The monoisotopic (exact) mass is 174 g/mol. The van der Waals surface area contributed by atoms with Crippen molar-refractivity contribution in [3.63, 3.8) is 0 Å². The summed E-state index contributed by atoms with van der Waals surface area (Å²) in [7, 11) is 2.08. The lowest BCUT2D eigenvalue weighted by atomic mass is 10.5. The fourth-order valence-corrected chi connectivity index (χ4v) is 0.875. The normalized spacial score (nSPS) is 11.0. The lowest BCUT2D eigenvalue weighted by molar-refractivity contribution is 0.285. The van der Waals surface area contributed by atoms with Crippen molar-refractivity contribution in [2.75, 3.05) is 40.0 Å². The molecule has 0 spiro atoms. The molecule has 4 nitrogen and oxygen atoms in total. The number of nitrogens with zero attached hydrogens (tertiary/aromatic N) is 1. The first-order valence-corrected chi connectivity index (χ1v) is 4.61. The zero-order valence-electron chi connectivity index (χ0n) is 8.27. The van der Waals surface area contributed by atoms with Gasteiger partial charge in [-0.1, -0.05) is 6.92 Å². The van der Waals surface area contributed by atoms with Crippen LogP contribution >= 0.6 is 0 Å². The van der Waals surface area contributed by atoms with E-state index >= 15 is 0 Å². The highest BCUT2D eigenvalue weighted by Gasteiger charge is 1.94. The third-order valence-corrected chi connectivity index (χ3v) is 1.51. The Morgan fingerprint density at radius 2 is 1.75 bits per heavy atom. The topological polar surface area (TPSA) is 53.3 Å². The lowest BCUT2D eigenvalue weighted by Crippen LogP contribution is -2.39. The van der Waals surface area contributed by atoms with Gasteiger partial charge in [0.15, 0.2) is 0 Å². The standard InChI is InChI=1S/C8H22N4/c1-3-5-10-7-12(2)8-11-6-4-9/h10-11H,3-9H2,1-2H3. The highest BCUT2D eigenvalue weighted by Crippen LogP contribution is 1.75. The molecule has 0 saturated carbocycles. The van der Waals surface area contributed by atoms with Gasteiger partial charge in [-0.25, -0.2) is 0 Å². The van der Waals surface area contributed by atoms with Crippen molar-refractivity contribution in [3.8, 4) is 0 Å². The molecular formula is C8H22N4. The molecule has 0 aromatic carbocycles. The summed E-state index contributed by atoms with van der Waals surface area (Å²) in [5, 5.41) is 6.54. The van der Waals surface area contributed by atoms with Gasteiger partial charge in [0.1, 0.15) is 0 Å². The van der Waals surface area contributed by atoms with Crippen molar-refractivity contribution < 1.29 is 0 Å². The zero-order chi connectivity index (χ0) is 9.23. The van der Waals surface area contributed by atoms with Gasteiger partial charge in [-0.3, -0.25) is 4.90 Å². The minimum Gasteiger partial charge on any atom is -0.329 e. The highest BCUT2D eigenvalue weighted by atomic mass is 15.3. The van der Waals surface area contributed by atoms with E-state index in [1.165, 1.54) is 6.42 Å². The SMILES string of the molecule is CCCNCN(C)CNCCN. The molecule has 74 valence electrons. The van der Waals surface area contributed by atoms with Gasteiger partial charge in [0.05, 0.1) is 0 Å². The summed E-state index contributed by atoms with van der Waals surface area (Å²) in [6, 6.07) is 0. The molecule has 0 aliphatic heterocycles. The van der Waals surface area contributed by atoms with Gasteiger partial charge in [-0.2, -0.15) is 0 Å². The molecular weight excluding hydrogens is 152 g/mol. The van der Waals surface area contributed by atoms with Crippen LogP contribution in [0.2, 0.25) is 0 Å². The number of rotatable bonds is 8. The van der Waals surface area contributed by atoms with E-state index in [2.05, 4.69) is 29.5 Å². The van der Waals surface area contributed by atoms with Gasteiger partial charge >= 0.3 is 0 Å². The maximum absolute atomic E-state index is 5.34. The van der Waals surface area contributed by atoms with Gasteiger partial charge in [-0.15, -0.1) is 0 Å². The van der Waals surface area contributed by atoms with E-state index < -0.39 is 0 Å². The van der Waals surface area contributed by atoms with Crippen molar-refractivity contribution >= 4 is 0 Å². The van der Waals surface area contributed by atoms with Gasteiger partial charge < -0.3 is 16.4 Å². The predicted octanol–water partition coefficient (Wildman–Crippen LogP) is -0.619. The van der Waals surface area contributed by atoms with Crippen LogP contribution in [0.5, 0.6) is 0 Å². The summed E-state index contributed by atoms with van der Waals surface area (Å²) >= 11 is 0. The van der Waals surface area contributed by atoms with E-state index in [-0.39, 0.29) is 0 Å². The Kier molecular flexibility index (Phi) is 8.81. The molecule has 0 fully saturated rings. The van der Waals surface area contributed by atoms with Crippen LogP contribution in [0.15, 0.2) is 0 Å². The van der Waals surface area contributed by atoms with E-state index in [4.69, 9.17) is 5.73 Å². The van der Waals surface area contributed by atoms with Gasteiger partial charge in [0.25, 0.3) is 0 Å². The molecule has 0 aromatic heterocycles. The Morgan fingerprint density at radius 3 is 2.25 bits per heavy atom.